The third kappa shape index (κ3) is 1.78. The number of rotatable bonds is 1. The fourth-order valence-electron chi connectivity index (χ4n) is 2.40. The third-order valence-electron chi connectivity index (χ3n) is 3.32. The predicted octanol–water partition coefficient (Wildman–Crippen LogP) is 3.64. The van der Waals surface area contributed by atoms with Gasteiger partial charge in [-0.25, -0.2) is 0 Å². The lowest BCUT2D eigenvalue weighted by atomic mass is 9.88. The Morgan fingerprint density at radius 2 is 1.65 bits per heavy atom. The van der Waals surface area contributed by atoms with Crippen LogP contribution in [0.2, 0.25) is 0 Å². The monoisotopic (exact) mass is 221 g/mol. The predicted molar refractivity (Wildman–Crippen MR) is 71.8 cm³/mol. The molecule has 1 aliphatic heterocycles. The van der Waals surface area contributed by atoms with Crippen LogP contribution in [0.3, 0.4) is 0 Å². The summed E-state index contributed by atoms with van der Waals surface area (Å²) in [6.07, 6.45) is 0. The summed E-state index contributed by atoms with van der Waals surface area (Å²) in [6, 6.07) is 19.0. The molecular weight excluding hydrogens is 206 g/mol. The van der Waals surface area contributed by atoms with E-state index in [0.29, 0.717) is 5.92 Å². The van der Waals surface area contributed by atoms with E-state index in [4.69, 9.17) is 4.99 Å². The van der Waals surface area contributed by atoms with Crippen molar-refractivity contribution >= 4 is 5.71 Å². The van der Waals surface area contributed by atoms with Crippen molar-refractivity contribution in [3.63, 3.8) is 0 Å². The van der Waals surface area contributed by atoms with Gasteiger partial charge in [0.05, 0.1) is 5.71 Å². The van der Waals surface area contributed by atoms with Crippen LogP contribution >= 0.6 is 0 Å². The van der Waals surface area contributed by atoms with Gasteiger partial charge in [0, 0.05) is 23.6 Å². The van der Waals surface area contributed by atoms with Gasteiger partial charge in [0.15, 0.2) is 0 Å². The van der Waals surface area contributed by atoms with Gasteiger partial charge >= 0.3 is 0 Å². The van der Waals surface area contributed by atoms with E-state index in [0.717, 1.165) is 12.3 Å². The van der Waals surface area contributed by atoms with Gasteiger partial charge in [-0.1, -0.05) is 61.5 Å². The lowest BCUT2D eigenvalue weighted by molar-refractivity contribution is 0.761. The van der Waals surface area contributed by atoms with E-state index < -0.39 is 0 Å². The summed E-state index contributed by atoms with van der Waals surface area (Å²) in [5, 5.41) is 0. The minimum absolute atomic E-state index is 0.527. The molecule has 0 spiro atoms. The Morgan fingerprint density at radius 3 is 2.47 bits per heavy atom. The van der Waals surface area contributed by atoms with Gasteiger partial charge in [-0.2, -0.15) is 0 Å². The van der Waals surface area contributed by atoms with E-state index in [1.165, 1.54) is 16.7 Å². The van der Waals surface area contributed by atoms with Gasteiger partial charge in [0.1, 0.15) is 0 Å². The smallest absolute Gasteiger partial charge is 0.0722 e. The molecule has 1 atom stereocenters. The normalized spacial score (nSPS) is 18.4. The molecule has 84 valence electrons. The molecule has 17 heavy (non-hydrogen) atoms. The molecule has 0 radical (unpaired) electrons. The number of hydrogen-bond donors (Lipinski definition) is 0. The molecule has 2 aromatic carbocycles. The minimum Gasteiger partial charge on any atom is -0.283 e. The second-order valence-electron chi connectivity index (χ2n) is 4.54. The summed E-state index contributed by atoms with van der Waals surface area (Å²) >= 11 is 0. The van der Waals surface area contributed by atoms with Crippen LogP contribution in [0.25, 0.3) is 0 Å². The maximum Gasteiger partial charge on any atom is 0.0722 e. The molecule has 0 fully saturated rings. The standard InChI is InChI=1S/C16H15N/c1-12-11-17-16(13-7-3-2-4-8-13)15-10-6-5-9-14(12)15/h2-10,12H,11H2,1H3. The fraction of sp³-hybridized carbons (Fsp3) is 0.188. The highest BCUT2D eigenvalue weighted by Gasteiger charge is 2.19. The van der Waals surface area contributed by atoms with Crippen LogP contribution in [0.1, 0.15) is 29.5 Å². The number of fused-ring (bicyclic) bond motifs is 1. The minimum atomic E-state index is 0.527. The summed E-state index contributed by atoms with van der Waals surface area (Å²) in [6.45, 7) is 3.13. The summed E-state index contributed by atoms with van der Waals surface area (Å²) in [5.74, 6) is 0.527. The van der Waals surface area contributed by atoms with Gasteiger partial charge in [0.25, 0.3) is 0 Å². The highest BCUT2D eigenvalue weighted by Crippen LogP contribution is 2.27. The first kappa shape index (κ1) is 10.3. The zero-order valence-electron chi connectivity index (χ0n) is 9.93. The highest BCUT2D eigenvalue weighted by atomic mass is 14.8. The molecule has 0 saturated heterocycles. The van der Waals surface area contributed by atoms with Crippen LogP contribution in [0.5, 0.6) is 0 Å². The van der Waals surface area contributed by atoms with Gasteiger partial charge in [0.2, 0.25) is 0 Å². The molecule has 0 amide bonds. The van der Waals surface area contributed by atoms with Crippen molar-refractivity contribution in [2.75, 3.05) is 6.54 Å². The number of hydrogen-bond acceptors (Lipinski definition) is 1. The zero-order valence-corrected chi connectivity index (χ0v) is 9.93. The average Bonchev–Trinajstić information content (AvgIpc) is 2.41. The molecular formula is C16H15N. The SMILES string of the molecule is CC1CN=C(c2ccccc2)c2ccccc21. The van der Waals surface area contributed by atoms with Crippen LogP contribution in [0.4, 0.5) is 0 Å². The highest BCUT2D eigenvalue weighted by molar-refractivity contribution is 6.14. The lowest BCUT2D eigenvalue weighted by Gasteiger charge is -2.22. The van der Waals surface area contributed by atoms with Crippen molar-refractivity contribution in [1.82, 2.24) is 0 Å². The number of benzene rings is 2. The van der Waals surface area contributed by atoms with Crippen LogP contribution in [-0.2, 0) is 0 Å². The molecule has 0 aromatic heterocycles. The van der Waals surface area contributed by atoms with E-state index in [-0.39, 0.29) is 0 Å². The van der Waals surface area contributed by atoms with Crippen molar-refractivity contribution in [2.45, 2.75) is 12.8 Å². The molecule has 3 rings (SSSR count). The van der Waals surface area contributed by atoms with Gasteiger partial charge < -0.3 is 0 Å². The van der Waals surface area contributed by atoms with Gasteiger partial charge in [-0.15, -0.1) is 0 Å². The maximum absolute atomic E-state index is 4.74. The Morgan fingerprint density at radius 1 is 0.941 bits per heavy atom. The van der Waals surface area contributed by atoms with Crippen molar-refractivity contribution in [3.05, 3.63) is 71.3 Å². The molecule has 1 heteroatoms. The van der Waals surface area contributed by atoms with Crippen LogP contribution in [0.15, 0.2) is 59.6 Å². The lowest BCUT2D eigenvalue weighted by Crippen LogP contribution is -2.16. The van der Waals surface area contributed by atoms with Crippen molar-refractivity contribution in [2.24, 2.45) is 4.99 Å². The summed E-state index contributed by atoms with van der Waals surface area (Å²) in [4.78, 5) is 4.74. The molecule has 0 aliphatic carbocycles. The Hall–Kier alpha value is -1.89. The molecule has 0 saturated carbocycles. The van der Waals surface area contributed by atoms with Crippen molar-refractivity contribution in [3.8, 4) is 0 Å². The van der Waals surface area contributed by atoms with Crippen LogP contribution < -0.4 is 0 Å². The first-order valence-electron chi connectivity index (χ1n) is 6.05. The fourth-order valence-corrected chi connectivity index (χ4v) is 2.40. The van der Waals surface area contributed by atoms with E-state index in [1.807, 2.05) is 6.07 Å². The summed E-state index contributed by atoms with van der Waals surface area (Å²) in [7, 11) is 0. The Balaban J connectivity index is 2.14. The molecule has 2 aromatic rings. The topological polar surface area (TPSA) is 12.4 Å². The number of nitrogens with zero attached hydrogens (tertiary/aromatic N) is 1. The first-order valence-corrected chi connectivity index (χ1v) is 6.05. The molecule has 0 N–H and O–H groups in total. The molecule has 1 heterocycles. The van der Waals surface area contributed by atoms with Crippen molar-refractivity contribution in [1.29, 1.82) is 0 Å². The molecule has 0 bridgehead atoms. The molecule has 1 unspecified atom stereocenters. The average molecular weight is 221 g/mol. The summed E-state index contributed by atoms with van der Waals surface area (Å²) < 4.78 is 0. The largest absolute Gasteiger partial charge is 0.283 e. The van der Waals surface area contributed by atoms with Crippen LogP contribution in [0, 0.1) is 0 Å². The third-order valence-corrected chi connectivity index (χ3v) is 3.32. The number of aliphatic imine (C=N–C) groups is 1. The molecule has 1 nitrogen and oxygen atoms in total. The quantitative estimate of drug-likeness (QED) is 0.697. The summed E-state index contributed by atoms with van der Waals surface area (Å²) in [5.41, 5.74) is 5.06. The Labute approximate surface area is 102 Å². The van der Waals surface area contributed by atoms with Crippen molar-refractivity contribution < 1.29 is 0 Å². The Bertz CT molecular complexity index is 555. The molecule has 1 aliphatic rings. The first-order chi connectivity index (χ1) is 8.36. The van der Waals surface area contributed by atoms with E-state index in [1.54, 1.807) is 0 Å². The zero-order chi connectivity index (χ0) is 11.7. The second-order valence-corrected chi connectivity index (χ2v) is 4.54. The second kappa shape index (κ2) is 4.17. The maximum atomic E-state index is 4.74. The van der Waals surface area contributed by atoms with E-state index in [2.05, 4.69) is 55.5 Å². The van der Waals surface area contributed by atoms with Crippen LogP contribution in [-0.4, -0.2) is 12.3 Å². The van der Waals surface area contributed by atoms with E-state index >= 15 is 0 Å². The van der Waals surface area contributed by atoms with Gasteiger partial charge in [-0.05, 0) is 5.56 Å². The van der Waals surface area contributed by atoms with Gasteiger partial charge in [-0.3, -0.25) is 4.99 Å². The Kier molecular flexibility index (Phi) is 2.52. The van der Waals surface area contributed by atoms with E-state index in [9.17, 15) is 0 Å².